The molecule has 30 heavy (non-hydrogen) atoms. The number of carbonyl (C=O) groups excluding carboxylic acids is 1. The van der Waals surface area contributed by atoms with Crippen molar-refractivity contribution in [1.82, 2.24) is 9.97 Å². The highest BCUT2D eigenvalue weighted by Gasteiger charge is 2.45. The Labute approximate surface area is 183 Å². The van der Waals surface area contributed by atoms with Gasteiger partial charge in [-0.2, -0.15) is 0 Å². The molecule has 1 aliphatic heterocycles. The summed E-state index contributed by atoms with van der Waals surface area (Å²) < 4.78 is 0. The maximum atomic E-state index is 13.4. The van der Waals surface area contributed by atoms with Gasteiger partial charge < -0.3 is 10.2 Å². The number of nitrogens with one attached hydrogen (secondary N) is 1. The summed E-state index contributed by atoms with van der Waals surface area (Å²) in [5.74, 6) is 1.12. The van der Waals surface area contributed by atoms with Gasteiger partial charge in [-0.15, -0.1) is 0 Å². The Bertz CT molecular complexity index is 987. The number of aryl methyl sites for hydroxylation is 1. The normalized spacial score (nSPS) is 20.2. The third-order valence-corrected chi connectivity index (χ3v) is 7.47. The summed E-state index contributed by atoms with van der Waals surface area (Å²) in [4.78, 5) is 24.9. The summed E-state index contributed by atoms with van der Waals surface area (Å²) in [6.07, 6.45) is 10.6. The Morgan fingerprint density at radius 1 is 1.20 bits per heavy atom. The smallest absolute Gasteiger partial charge is 0.259 e. The lowest BCUT2D eigenvalue weighted by atomic mass is 9.68. The van der Waals surface area contributed by atoms with Crippen LogP contribution in [0.2, 0.25) is 5.02 Å². The first-order valence-electron chi connectivity index (χ1n) is 11.1. The van der Waals surface area contributed by atoms with Crippen LogP contribution < -0.4 is 10.2 Å². The van der Waals surface area contributed by atoms with Crippen molar-refractivity contribution in [3.63, 3.8) is 0 Å². The minimum Gasteiger partial charge on any atom is -0.355 e. The predicted molar refractivity (Wildman–Crippen MR) is 121 cm³/mol. The maximum absolute atomic E-state index is 13.4. The van der Waals surface area contributed by atoms with Crippen LogP contribution in [-0.2, 0) is 0 Å². The number of carbonyl (C=O) groups is 1. The molecule has 5 nitrogen and oxygen atoms in total. The van der Waals surface area contributed by atoms with Crippen LogP contribution in [0.25, 0.3) is 0 Å². The zero-order valence-corrected chi connectivity index (χ0v) is 18.6. The van der Waals surface area contributed by atoms with Crippen molar-refractivity contribution < 1.29 is 4.79 Å². The molecule has 1 spiro atoms. The SMILES string of the molecule is Cc1cc(NC(=O)c2c(N3CC4(CCCCC4)C3)nc(C3CC3)c(Cl)c2C)ccn1. The Hall–Kier alpha value is -2.14. The minimum atomic E-state index is -0.144. The molecule has 0 radical (unpaired) electrons. The van der Waals surface area contributed by atoms with E-state index in [0.29, 0.717) is 21.9 Å². The van der Waals surface area contributed by atoms with Crippen molar-refractivity contribution in [2.45, 2.75) is 64.7 Å². The average Bonchev–Trinajstić information content (AvgIpc) is 3.53. The van der Waals surface area contributed by atoms with Crippen LogP contribution in [0.3, 0.4) is 0 Å². The molecule has 158 valence electrons. The topological polar surface area (TPSA) is 58.1 Å². The van der Waals surface area contributed by atoms with Crippen molar-refractivity contribution in [2.24, 2.45) is 5.41 Å². The van der Waals surface area contributed by atoms with Gasteiger partial charge in [-0.05, 0) is 57.2 Å². The van der Waals surface area contributed by atoms with Crippen LogP contribution in [0.15, 0.2) is 18.3 Å². The molecule has 5 rings (SSSR count). The molecule has 1 saturated heterocycles. The van der Waals surface area contributed by atoms with Crippen molar-refractivity contribution in [2.75, 3.05) is 23.3 Å². The minimum absolute atomic E-state index is 0.144. The third-order valence-electron chi connectivity index (χ3n) is 6.99. The molecule has 0 unspecified atom stereocenters. The Balaban J connectivity index is 1.49. The number of hydrogen-bond acceptors (Lipinski definition) is 4. The van der Waals surface area contributed by atoms with E-state index in [1.165, 1.54) is 32.1 Å². The zero-order valence-electron chi connectivity index (χ0n) is 17.8. The number of halogens is 1. The molecule has 1 N–H and O–H groups in total. The molecule has 0 atom stereocenters. The van der Waals surface area contributed by atoms with Gasteiger partial charge in [-0.3, -0.25) is 9.78 Å². The zero-order chi connectivity index (χ0) is 20.9. The number of rotatable bonds is 4. The molecule has 0 aromatic carbocycles. The number of nitrogens with zero attached hydrogens (tertiary/aromatic N) is 3. The largest absolute Gasteiger partial charge is 0.355 e. The lowest BCUT2D eigenvalue weighted by Gasteiger charge is -2.53. The number of aromatic nitrogens is 2. The fourth-order valence-corrected chi connectivity index (χ4v) is 5.46. The van der Waals surface area contributed by atoms with Gasteiger partial charge in [0.05, 0.1) is 16.3 Å². The van der Waals surface area contributed by atoms with E-state index in [0.717, 1.165) is 54.4 Å². The van der Waals surface area contributed by atoms with E-state index in [-0.39, 0.29) is 5.91 Å². The Kier molecular flexibility index (Phi) is 4.97. The van der Waals surface area contributed by atoms with Gasteiger partial charge in [-0.25, -0.2) is 4.98 Å². The van der Waals surface area contributed by atoms with Crippen LogP contribution in [0, 0.1) is 19.3 Å². The number of hydrogen-bond donors (Lipinski definition) is 1. The quantitative estimate of drug-likeness (QED) is 0.689. The van der Waals surface area contributed by atoms with Gasteiger partial charge in [0.2, 0.25) is 0 Å². The van der Waals surface area contributed by atoms with E-state index in [9.17, 15) is 4.79 Å². The third kappa shape index (κ3) is 3.58. The highest BCUT2D eigenvalue weighted by atomic mass is 35.5. The number of amides is 1. The van der Waals surface area contributed by atoms with Gasteiger partial charge >= 0.3 is 0 Å². The first kappa shape index (κ1) is 19.8. The monoisotopic (exact) mass is 424 g/mol. The molecule has 3 aliphatic rings. The summed E-state index contributed by atoms with van der Waals surface area (Å²) in [5, 5.41) is 3.70. The van der Waals surface area contributed by atoms with Gasteiger partial charge in [0.15, 0.2) is 0 Å². The van der Waals surface area contributed by atoms with Crippen molar-refractivity contribution in [1.29, 1.82) is 0 Å². The summed E-state index contributed by atoms with van der Waals surface area (Å²) in [6, 6.07) is 3.69. The molecule has 1 amide bonds. The van der Waals surface area contributed by atoms with Crippen LogP contribution in [0.4, 0.5) is 11.5 Å². The van der Waals surface area contributed by atoms with E-state index < -0.39 is 0 Å². The lowest BCUT2D eigenvalue weighted by Crippen LogP contribution is -2.58. The summed E-state index contributed by atoms with van der Waals surface area (Å²) >= 11 is 6.71. The van der Waals surface area contributed by atoms with Crippen molar-refractivity contribution >= 4 is 29.0 Å². The van der Waals surface area contributed by atoms with Crippen LogP contribution in [0.1, 0.15) is 78.2 Å². The first-order valence-corrected chi connectivity index (χ1v) is 11.5. The van der Waals surface area contributed by atoms with Crippen LogP contribution in [-0.4, -0.2) is 29.0 Å². The fraction of sp³-hybridized carbons (Fsp3) is 0.542. The van der Waals surface area contributed by atoms with E-state index in [1.807, 2.05) is 26.0 Å². The lowest BCUT2D eigenvalue weighted by molar-refractivity contribution is 0.102. The Morgan fingerprint density at radius 2 is 1.93 bits per heavy atom. The molecule has 2 aromatic heterocycles. The van der Waals surface area contributed by atoms with Gasteiger partial charge in [0, 0.05) is 42.0 Å². The van der Waals surface area contributed by atoms with E-state index in [4.69, 9.17) is 16.6 Å². The highest BCUT2D eigenvalue weighted by Crippen LogP contribution is 2.49. The number of anilines is 2. The van der Waals surface area contributed by atoms with Gasteiger partial charge in [0.25, 0.3) is 5.91 Å². The highest BCUT2D eigenvalue weighted by molar-refractivity contribution is 6.33. The van der Waals surface area contributed by atoms with Crippen LogP contribution in [0.5, 0.6) is 0 Å². The molecule has 2 aliphatic carbocycles. The fourth-order valence-electron chi connectivity index (χ4n) is 5.16. The summed E-state index contributed by atoms with van der Waals surface area (Å²) in [5.41, 5.74) is 4.47. The van der Waals surface area contributed by atoms with Crippen LogP contribution >= 0.6 is 11.6 Å². The molecule has 2 aromatic rings. The van der Waals surface area contributed by atoms with Crippen molar-refractivity contribution in [3.8, 4) is 0 Å². The summed E-state index contributed by atoms with van der Waals surface area (Å²) in [7, 11) is 0. The molecule has 6 heteroatoms. The van der Waals surface area contributed by atoms with E-state index in [2.05, 4.69) is 15.2 Å². The summed E-state index contributed by atoms with van der Waals surface area (Å²) in [6.45, 7) is 5.88. The maximum Gasteiger partial charge on any atom is 0.259 e. The predicted octanol–water partition coefficient (Wildman–Crippen LogP) is 5.65. The van der Waals surface area contributed by atoms with E-state index in [1.54, 1.807) is 6.20 Å². The second-order valence-corrected chi connectivity index (χ2v) is 9.84. The molecule has 3 heterocycles. The van der Waals surface area contributed by atoms with Gasteiger partial charge in [-0.1, -0.05) is 30.9 Å². The average molecular weight is 425 g/mol. The van der Waals surface area contributed by atoms with Gasteiger partial charge in [0.1, 0.15) is 5.82 Å². The number of pyridine rings is 2. The van der Waals surface area contributed by atoms with Crippen molar-refractivity contribution in [3.05, 3.63) is 45.9 Å². The second-order valence-electron chi connectivity index (χ2n) is 9.47. The second kappa shape index (κ2) is 7.52. The van der Waals surface area contributed by atoms with E-state index >= 15 is 0 Å². The molecule has 0 bridgehead atoms. The molecule has 3 fully saturated rings. The molecular formula is C24H29ClN4O. The Morgan fingerprint density at radius 3 is 2.60 bits per heavy atom. The first-order chi connectivity index (χ1) is 14.5. The molecule has 2 saturated carbocycles. The molecular weight excluding hydrogens is 396 g/mol. The standard InChI is InChI=1S/C24H29ClN4O/c1-15-12-18(8-11-26-15)27-23(30)19-16(2)20(25)21(17-6-7-17)28-22(19)29-13-24(14-29)9-4-3-5-10-24/h8,11-12,17H,3-7,9-10,13-14H2,1-2H3,(H,26,27,30).